The van der Waals surface area contributed by atoms with Gasteiger partial charge in [0, 0.05) is 12.5 Å². The number of nitro groups is 3. The van der Waals surface area contributed by atoms with Crippen LogP contribution in [0.15, 0.2) is 58.8 Å². The molecule has 0 bridgehead atoms. The minimum absolute atomic E-state index is 0.168. The van der Waals surface area contributed by atoms with Crippen LogP contribution in [0.5, 0.6) is 0 Å². The number of non-ortho nitro benzene ring substituents is 1. The van der Waals surface area contributed by atoms with Crippen LogP contribution in [0.1, 0.15) is 31.2 Å². The van der Waals surface area contributed by atoms with Crippen LogP contribution in [-0.4, -0.2) is 20.4 Å². The molecule has 0 amide bonds. The molecule has 2 aromatic carbocycles. The lowest BCUT2D eigenvalue weighted by molar-refractivity contribution is -0.584. The molecular formula is C19H19N5O6. The molecule has 0 aromatic heterocycles. The van der Waals surface area contributed by atoms with Crippen molar-refractivity contribution in [1.29, 1.82) is 0 Å². The van der Waals surface area contributed by atoms with Gasteiger partial charge in [-0.3, -0.25) is 30.3 Å². The average Bonchev–Trinajstić information content (AvgIpc) is 2.73. The van der Waals surface area contributed by atoms with Crippen molar-refractivity contribution in [1.82, 2.24) is 0 Å². The number of nitrogens with zero attached hydrogens (tertiary/aromatic N) is 5. The number of hydrogen-bond donors (Lipinski definition) is 0. The summed E-state index contributed by atoms with van der Waals surface area (Å²) in [6.07, 6.45) is 2.59. The fourth-order valence-electron chi connectivity index (χ4n) is 3.78. The van der Waals surface area contributed by atoms with E-state index in [4.69, 9.17) is 0 Å². The molecule has 0 N–H and O–H groups in total. The van der Waals surface area contributed by atoms with Crippen LogP contribution in [-0.2, 0) is 6.42 Å². The highest BCUT2D eigenvalue weighted by molar-refractivity contribution is 5.61. The van der Waals surface area contributed by atoms with Gasteiger partial charge in [-0.15, -0.1) is 10.2 Å². The van der Waals surface area contributed by atoms with Crippen LogP contribution in [0.4, 0.5) is 17.1 Å². The second-order valence-electron chi connectivity index (χ2n) is 7.16. The minimum atomic E-state index is -1.70. The third kappa shape index (κ3) is 4.29. The molecule has 2 aromatic rings. The van der Waals surface area contributed by atoms with E-state index in [-0.39, 0.29) is 12.1 Å². The summed E-state index contributed by atoms with van der Waals surface area (Å²) >= 11 is 0. The number of nitro benzene ring substituents is 2. The maximum Gasteiger partial charge on any atom is 0.332 e. The fraction of sp³-hybridized carbons (Fsp3) is 0.368. The first kappa shape index (κ1) is 21.0. The minimum Gasteiger partial charge on any atom is -0.262 e. The first-order valence-electron chi connectivity index (χ1n) is 9.37. The molecule has 0 spiro atoms. The molecule has 0 saturated heterocycles. The predicted octanol–water partition coefficient (Wildman–Crippen LogP) is 4.99. The molecule has 1 aliphatic carbocycles. The zero-order chi connectivity index (χ0) is 21.7. The van der Waals surface area contributed by atoms with Gasteiger partial charge in [-0.2, -0.15) is 0 Å². The van der Waals surface area contributed by atoms with Crippen molar-refractivity contribution < 1.29 is 14.8 Å². The van der Waals surface area contributed by atoms with Crippen LogP contribution in [0, 0.1) is 36.3 Å². The molecule has 156 valence electrons. The van der Waals surface area contributed by atoms with E-state index >= 15 is 0 Å². The number of benzene rings is 2. The van der Waals surface area contributed by atoms with E-state index in [1.165, 1.54) is 0 Å². The molecule has 2 atom stereocenters. The Morgan fingerprint density at radius 3 is 2.33 bits per heavy atom. The lowest BCUT2D eigenvalue weighted by Crippen LogP contribution is -2.46. The molecular weight excluding hydrogens is 394 g/mol. The van der Waals surface area contributed by atoms with E-state index in [9.17, 15) is 30.3 Å². The standard InChI is InChI=1S/C19H19N5O6/c25-22(26)16-9-10-17(18(13-16)23(27)28)20-21-19(24(29)30)11-5-4-8-15(19)12-14-6-2-1-3-7-14/h1-3,6-7,9-10,13,15H,4-5,8,11-12H2/t15-,19+/m0/s1. The summed E-state index contributed by atoms with van der Waals surface area (Å²) in [7, 11) is 0. The third-order valence-electron chi connectivity index (χ3n) is 5.34. The summed E-state index contributed by atoms with van der Waals surface area (Å²) in [5.41, 5.74) is -2.11. The molecule has 0 unspecified atom stereocenters. The number of azo groups is 1. The van der Waals surface area contributed by atoms with Crippen LogP contribution in [0.25, 0.3) is 0 Å². The molecule has 0 aliphatic heterocycles. The highest BCUT2D eigenvalue weighted by Crippen LogP contribution is 2.41. The second-order valence-corrected chi connectivity index (χ2v) is 7.16. The van der Waals surface area contributed by atoms with Gasteiger partial charge in [0.1, 0.15) is 0 Å². The first-order valence-corrected chi connectivity index (χ1v) is 9.37. The summed E-state index contributed by atoms with van der Waals surface area (Å²) in [4.78, 5) is 32.3. The Kier molecular flexibility index (Phi) is 6.09. The Morgan fingerprint density at radius 2 is 1.70 bits per heavy atom. The SMILES string of the molecule is O=[N+]([O-])c1ccc(N=N[C@@]2([N+](=O)[O-])CCCC[C@H]2Cc2ccccc2)c([N+](=O)[O-])c1. The Morgan fingerprint density at radius 1 is 0.967 bits per heavy atom. The van der Waals surface area contributed by atoms with Crippen LogP contribution in [0.2, 0.25) is 0 Å². The molecule has 3 rings (SSSR count). The monoisotopic (exact) mass is 413 g/mol. The van der Waals surface area contributed by atoms with Gasteiger partial charge in [0.25, 0.3) is 5.69 Å². The summed E-state index contributed by atoms with van der Waals surface area (Å²) in [5, 5.41) is 42.2. The lowest BCUT2D eigenvalue weighted by Gasteiger charge is -2.32. The smallest absolute Gasteiger partial charge is 0.262 e. The zero-order valence-corrected chi connectivity index (χ0v) is 15.9. The van der Waals surface area contributed by atoms with Gasteiger partial charge < -0.3 is 0 Å². The molecule has 11 nitrogen and oxygen atoms in total. The zero-order valence-electron chi connectivity index (χ0n) is 15.9. The molecule has 1 aliphatic rings. The van der Waals surface area contributed by atoms with Gasteiger partial charge in [0.05, 0.1) is 26.8 Å². The van der Waals surface area contributed by atoms with E-state index < -0.39 is 37.7 Å². The normalized spacial score (nSPS) is 21.4. The fourth-order valence-corrected chi connectivity index (χ4v) is 3.78. The third-order valence-corrected chi connectivity index (χ3v) is 5.34. The molecule has 11 heteroatoms. The van der Waals surface area contributed by atoms with Gasteiger partial charge in [-0.25, -0.2) is 0 Å². The van der Waals surface area contributed by atoms with Gasteiger partial charge >= 0.3 is 11.4 Å². The summed E-state index contributed by atoms with van der Waals surface area (Å²) in [6, 6.07) is 12.3. The van der Waals surface area contributed by atoms with E-state index in [1.807, 2.05) is 30.3 Å². The van der Waals surface area contributed by atoms with Crippen molar-refractivity contribution in [2.75, 3.05) is 0 Å². The quantitative estimate of drug-likeness (QED) is 0.354. The largest absolute Gasteiger partial charge is 0.332 e. The number of hydrogen-bond acceptors (Lipinski definition) is 8. The van der Waals surface area contributed by atoms with E-state index in [2.05, 4.69) is 10.2 Å². The second kappa shape index (κ2) is 8.72. The van der Waals surface area contributed by atoms with Crippen LogP contribution < -0.4 is 0 Å². The number of rotatable bonds is 7. The molecule has 0 radical (unpaired) electrons. The summed E-state index contributed by atoms with van der Waals surface area (Å²) in [6.45, 7) is 0. The van der Waals surface area contributed by atoms with Crippen LogP contribution >= 0.6 is 0 Å². The van der Waals surface area contributed by atoms with Crippen LogP contribution in [0.3, 0.4) is 0 Å². The van der Waals surface area contributed by atoms with E-state index in [1.54, 1.807) is 0 Å². The van der Waals surface area contributed by atoms with Crippen molar-refractivity contribution >= 4 is 17.1 Å². The Labute approximate surface area is 170 Å². The van der Waals surface area contributed by atoms with E-state index in [0.29, 0.717) is 19.3 Å². The highest BCUT2D eigenvalue weighted by Gasteiger charge is 2.52. The van der Waals surface area contributed by atoms with Crippen molar-refractivity contribution in [3.05, 3.63) is 84.4 Å². The maximum absolute atomic E-state index is 12.1. The van der Waals surface area contributed by atoms with Crippen molar-refractivity contribution in [2.24, 2.45) is 16.1 Å². The molecule has 1 saturated carbocycles. The van der Waals surface area contributed by atoms with Gasteiger partial charge in [-0.05, 0) is 30.9 Å². The topological polar surface area (TPSA) is 154 Å². The maximum atomic E-state index is 12.1. The van der Waals surface area contributed by atoms with Gasteiger partial charge in [0.15, 0.2) is 5.69 Å². The first-order chi connectivity index (χ1) is 14.3. The Hall–Kier alpha value is -3.76. The molecule has 1 fully saturated rings. The van der Waals surface area contributed by atoms with E-state index in [0.717, 1.165) is 30.2 Å². The van der Waals surface area contributed by atoms with Crippen molar-refractivity contribution in [3.63, 3.8) is 0 Å². The average molecular weight is 413 g/mol. The van der Waals surface area contributed by atoms with Crippen molar-refractivity contribution in [3.8, 4) is 0 Å². The molecule has 30 heavy (non-hydrogen) atoms. The summed E-state index contributed by atoms with van der Waals surface area (Å²) in [5.74, 6) is -0.426. The van der Waals surface area contributed by atoms with Gasteiger partial charge in [-0.1, -0.05) is 36.8 Å². The Balaban J connectivity index is 1.99. The highest BCUT2D eigenvalue weighted by atomic mass is 16.6. The van der Waals surface area contributed by atoms with Crippen molar-refractivity contribution in [2.45, 2.75) is 37.8 Å². The molecule has 0 heterocycles. The summed E-state index contributed by atoms with van der Waals surface area (Å²) < 4.78 is 0. The van der Waals surface area contributed by atoms with Gasteiger partial charge in [0.2, 0.25) is 0 Å². The predicted molar refractivity (Wildman–Crippen MR) is 106 cm³/mol. The Bertz CT molecular complexity index is 996. The lowest BCUT2D eigenvalue weighted by atomic mass is 9.76.